The van der Waals surface area contributed by atoms with Gasteiger partial charge in [-0.05, 0) is 30.7 Å². The zero-order valence-electron chi connectivity index (χ0n) is 12.6. The average Bonchev–Trinajstić information content (AvgIpc) is 2.90. The molecule has 0 spiro atoms. The minimum absolute atomic E-state index is 0.0684. The van der Waals surface area contributed by atoms with Crippen molar-refractivity contribution in [1.82, 2.24) is 10.3 Å². The van der Waals surface area contributed by atoms with Gasteiger partial charge >= 0.3 is 0 Å². The Kier molecular flexibility index (Phi) is 5.70. The van der Waals surface area contributed by atoms with Crippen LogP contribution in [0.3, 0.4) is 0 Å². The van der Waals surface area contributed by atoms with Crippen molar-refractivity contribution >= 4 is 28.6 Å². The smallest absolute Gasteiger partial charge is 0.237 e. The van der Waals surface area contributed by atoms with Crippen LogP contribution in [0.5, 0.6) is 0 Å². The maximum Gasteiger partial charge on any atom is 0.237 e. The van der Waals surface area contributed by atoms with Gasteiger partial charge in [-0.25, -0.2) is 0 Å². The lowest BCUT2D eigenvalue weighted by Crippen LogP contribution is -2.47. The van der Waals surface area contributed by atoms with Crippen LogP contribution in [-0.4, -0.2) is 35.0 Å². The number of carbonyl (C=O) groups is 1. The Labute approximate surface area is 129 Å². The number of aromatic nitrogens is 1. The van der Waals surface area contributed by atoms with Gasteiger partial charge in [0.2, 0.25) is 5.91 Å². The molecule has 0 aliphatic carbocycles. The number of thioether (sulfide) groups is 1. The van der Waals surface area contributed by atoms with Crippen LogP contribution in [0.1, 0.15) is 18.9 Å². The number of amides is 1. The fourth-order valence-electron chi connectivity index (χ4n) is 2.40. The number of nitrogens with one attached hydrogen (secondary N) is 2. The van der Waals surface area contributed by atoms with Gasteiger partial charge in [0.1, 0.15) is 0 Å². The molecule has 5 heteroatoms. The van der Waals surface area contributed by atoms with E-state index in [1.165, 1.54) is 0 Å². The molecule has 1 aromatic heterocycles. The van der Waals surface area contributed by atoms with E-state index in [9.17, 15) is 4.79 Å². The van der Waals surface area contributed by atoms with E-state index in [0.717, 1.165) is 28.6 Å². The summed E-state index contributed by atoms with van der Waals surface area (Å²) in [5.41, 5.74) is 8.23. The molecule has 2 rings (SSSR count). The molecule has 0 saturated heterocycles. The molecule has 1 aromatic carbocycles. The standard InChI is InChI=1S/C16H23N3OS/c1-3-12(10-21-2)19-16(20)14(17)8-11-9-18-15-7-5-4-6-13(11)15/h4-7,9,12,14,18H,3,8,10,17H2,1-2H3,(H,19,20)/t12?,14-/m1/s1. The third-order valence-electron chi connectivity index (χ3n) is 3.66. The van der Waals surface area contributed by atoms with Gasteiger partial charge in [0, 0.05) is 28.9 Å². The summed E-state index contributed by atoms with van der Waals surface area (Å²) in [5.74, 6) is 0.850. The van der Waals surface area contributed by atoms with E-state index >= 15 is 0 Å². The number of aromatic amines is 1. The van der Waals surface area contributed by atoms with Gasteiger partial charge in [0.15, 0.2) is 0 Å². The zero-order chi connectivity index (χ0) is 15.2. The van der Waals surface area contributed by atoms with Crippen molar-refractivity contribution in [3.05, 3.63) is 36.0 Å². The Morgan fingerprint density at radius 3 is 2.90 bits per heavy atom. The van der Waals surface area contributed by atoms with E-state index in [4.69, 9.17) is 5.73 Å². The number of para-hydroxylation sites is 1. The van der Waals surface area contributed by atoms with Crippen LogP contribution in [0.15, 0.2) is 30.5 Å². The summed E-state index contributed by atoms with van der Waals surface area (Å²) in [6.07, 6.45) is 5.45. The predicted molar refractivity (Wildman–Crippen MR) is 90.6 cm³/mol. The number of H-pyrrole nitrogens is 1. The number of nitrogens with two attached hydrogens (primary N) is 1. The third kappa shape index (κ3) is 4.02. The van der Waals surface area contributed by atoms with Crippen molar-refractivity contribution in [1.29, 1.82) is 0 Å². The number of benzene rings is 1. The first-order valence-corrected chi connectivity index (χ1v) is 8.65. The SMILES string of the molecule is CCC(CSC)NC(=O)[C@H](N)Cc1c[nH]c2ccccc12. The number of hydrogen-bond donors (Lipinski definition) is 3. The molecule has 1 amide bonds. The van der Waals surface area contributed by atoms with Crippen molar-refractivity contribution in [2.75, 3.05) is 12.0 Å². The van der Waals surface area contributed by atoms with E-state index in [2.05, 4.69) is 17.2 Å². The summed E-state index contributed by atoms with van der Waals surface area (Å²) in [6, 6.07) is 7.74. The van der Waals surface area contributed by atoms with Gasteiger partial charge < -0.3 is 16.0 Å². The van der Waals surface area contributed by atoms with Crippen LogP contribution >= 0.6 is 11.8 Å². The number of hydrogen-bond acceptors (Lipinski definition) is 3. The summed E-state index contributed by atoms with van der Waals surface area (Å²) in [6.45, 7) is 2.08. The molecule has 4 nitrogen and oxygen atoms in total. The molecule has 0 bridgehead atoms. The third-order valence-corrected chi connectivity index (χ3v) is 4.39. The second kappa shape index (κ2) is 7.52. The van der Waals surface area contributed by atoms with Gasteiger partial charge in [-0.2, -0.15) is 11.8 Å². The first-order chi connectivity index (χ1) is 10.2. The second-order valence-corrected chi connectivity index (χ2v) is 6.15. The van der Waals surface area contributed by atoms with E-state index in [-0.39, 0.29) is 11.9 Å². The van der Waals surface area contributed by atoms with Crippen LogP contribution < -0.4 is 11.1 Å². The Morgan fingerprint density at radius 1 is 1.43 bits per heavy atom. The van der Waals surface area contributed by atoms with Gasteiger partial charge in [0.25, 0.3) is 0 Å². The van der Waals surface area contributed by atoms with E-state index < -0.39 is 6.04 Å². The second-order valence-electron chi connectivity index (χ2n) is 5.24. The molecule has 0 aliphatic rings. The maximum atomic E-state index is 12.2. The highest BCUT2D eigenvalue weighted by molar-refractivity contribution is 7.98. The molecule has 4 N–H and O–H groups in total. The number of fused-ring (bicyclic) bond motifs is 1. The van der Waals surface area contributed by atoms with E-state index in [1.54, 1.807) is 11.8 Å². The molecule has 114 valence electrons. The molecule has 0 saturated carbocycles. The molecule has 0 fully saturated rings. The summed E-state index contributed by atoms with van der Waals surface area (Å²) in [4.78, 5) is 15.4. The molecular formula is C16H23N3OS. The van der Waals surface area contributed by atoms with Crippen LogP contribution in [0.4, 0.5) is 0 Å². The van der Waals surface area contributed by atoms with Gasteiger partial charge in [-0.3, -0.25) is 4.79 Å². The quantitative estimate of drug-likeness (QED) is 0.735. The van der Waals surface area contributed by atoms with Crippen molar-refractivity contribution in [3.63, 3.8) is 0 Å². The molecule has 2 aromatic rings. The zero-order valence-corrected chi connectivity index (χ0v) is 13.4. The fraction of sp³-hybridized carbons (Fsp3) is 0.438. The van der Waals surface area contributed by atoms with Crippen LogP contribution in [-0.2, 0) is 11.2 Å². The topological polar surface area (TPSA) is 70.9 Å². The first kappa shape index (κ1) is 15.9. The lowest BCUT2D eigenvalue weighted by atomic mass is 10.0. The maximum absolute atomic E-state index is 12.2. The monoisotopic (exact) mass is 305 g/mol. The minimum atomic E-state index is -0.514. The molecule has 1 unspecified atom stereocenters. The largest absolute Gasteiger partial charge is 0.361 e. The van der Waals surface area contributed by atoms with Crippen molar-refractivity contribution in [3.8, 4) is 0 Å². The minimum Gasteiger partial charge on any atom is -0.361 e. The van der Waals surface area contributed by atoms with Crippen molar-refractivity contribution in [2.45, 2.75) is 31.8 Å². The molecular weight excluding hydrogens is 282 g/mol. The highest BCUT2D eigenvalue weighted by Gasteiger charge is 2.18. The number of carbonyl (C=O) groups excluding carboxylic acids is 1. The van der Waals surface area contributed by atoms with Gasteiger partial charge in [-0.1, -0.05) is 25.1 Å². The summed E-state index contributed by atoms with van der Waals surface area (Å²) >= 11 is 1.73. The molecule has 0 radical (unpaired) electrons. The van der Waals surface area contributed by atoms with Crippen molar-refractivity contribution < 1.29 is 4.79 Å². The molecule has 21 heavy (non-hydrogen) atoms. The molecule has 1 heterocycles. The lowest BCUT2D eigenvalue weighted by molar-refractivity contribution is -0.122. The average molecular weight is 305 g/mol. The Hall–Kier alpha value is -1.46. The highest BCUT2D eigenvalue weighted by atomic mass is 32.2. The highest BCUT2D eigenvalue weighted by Crippen LogP contribution is 2.18. The summed E-state index contributed by atoms with van der Waals surface area (Å²) in [5, 5.41) is 4.17. The van der Waals surface area contributed by atoms with E-state index in [0.29, 0.717) is 6.42 Å². The Bertz CT molecular complexity index is 596. The molecule has 2 atom stereocenters. The molecule has 0 aliphatic heterocycles. The van der Waals surface area contributed by atoms with Crippen LogP contribution in [0.2, 0.25) is 0 Å². The van der Waals surface area contributed by atoms with Crippen LogP contribution in [0, 0.1) is 0 Å². The predicted octanol–water partition coefficient (Wildman–Crippen LogP) is 2.30. The number of rotatable bonds is 7. The Balaban J connectivity index is 2.00. The van der Waals surface area contributed by atoms with Gasteiger partial charge in [0.05, 0.1) is 6.04 Å². The Morgan fingerprint density at radius 2 is 2.19 bits per heavy atom. The summed E-state index contributed by atoms with van der Waals surface area (Å²) in [7, 11) is 0. The van der Waals surface area contributed by atoms with Gasteiger partial charge in [-0.15, -0.1) is 0 Å². The van der Waals surface area contributed by atoms with E-state index in [1.807, 2.05) is 36.7 Å². The summed E-state index contributed by atoms with van der Waals surface area (Å²) < 4.78 is 0. The van der Waals surface area contributed by atoms with Crippen LogP contribution in [0.25, 0.3) is 10.9 Å². The first-order valence-electron chi connectivity index (χ1n) is 7.25. The normalized spacial score (nSPS) is 14.0. The fourth-order valence-corrected chi connectivity index (χ4v) is 3.12. The van der Waals surface area contributed by atoms with Crippen molar-refractivity contribution in [2.24, 2.45) is 5.73 Å². The lowest BCUT2D eigenvalue weighted by Gasteiger charge is -2.19.